The third-order valence-corrected chi connectivity index (χ3v) is 6.59. The molecule has 9 nitrogen and oxygen atoms in total. The van der Waals surface area contributed by atoms with Crippen LogP contribution in [0, 0.1) is 0 Å². The van der Waals surface area contributed by atoms with Gasteiger partial charge in [0.05, 0.1) is 13.2 Å². The quantitative estimate of drug-likeness (QED) is 0.134. The van der Waals surface area contributed by atoms with E-state index in [1.54, 1.807) is 12.1 Å². The van der Waals surface area contributed by atoms with Crippen molar-refractivity contribution < 1.29 is 19.4 Å². The number of carbonyl (C=O) groups is 1. The molecule has 1 aliphatic heterocycles. The van der Waals surface area contributed by atoms with Gasteiger partial charge < -0.3 is 19.9 Å². The minimum atomic E-state index is -1.20. The van der Waals surface area contributed by atoms with Crippen LogP contribution in [0.15, 0.2) is 82.9 Å². The van der Waals surface area contributed by atoms with E-state index >= 15 is 0 Å². The third kappa shape index (κ3) is 7.51. The highest BCUT2D eigenvalue weighted by molar-refractivity contribution is 6.30. The first kappa shape index (κ1) is 28.0. The Morgan fingerprint density at radius 2 is 1.95 bits per heavy atom. The average molecular weight is 548 g/mol. The van der Waals surface area contributed by atoms with Crippen molar-refractivity contribution in [3.63, 3.8) is 0 Å². The summed E-state index contributed by atoms with van der Waals surface area (Å²) >= 11 is 6.10. The maximum Gasteiger partial charge on any atom is 0.251 e. The number of aliphatic imine (C=N–C) groups is 1. The molecule has 0 fully saturated rings. The summed E-state index contributed by atoms with van der Waals surface area (Å²) in [5.41, 5.74) is 11.0. The maximum atomic E-state index is 13.7. The van der Waals surface area contributed by atoms with Gasteiger partial charge in [0.2, 0.25) is 5.90 Å². The van der Waals surface area contributed by atoms with E-state index in [0.717, 1.165) is 22.3 Å². The van der Waals surface area contributed by atoms with Crippen molar-refractivity contribution in [2.24, 2.45) is 10.1 Å². The van der Waals surface area contributed by atoms with Crippen LogP contribution in [-0.4, -0.2) is 48.8 Å². The second-order valence-electron chi connectivity index (χ2n) is 9.16. The van der Waals surface area contributed by atoms with Crippen LogP contribution in [0.1, 0.15) is 28.7 Å². The minimum Gasteiger partial charge on any atom is -0.494 e. The highest BCUT2D eigenvalue weighted by atomic mass is 35.5. The van der Waals surface area contributed by atoms with Gasteiger partial charge in [-0.25, -0.2) is 4.99 Å². The predicted molar refractivity (Wildman–Crippen MR) is 150 cm³/mol. The molecule has 0 radical (unpaired) electrons. The summed E-state index contributed by atoms with van der Waals surface area (Å²) in [6, 6.07) is 22.3. The molecule has 3 aromatic carbocycles. The van der Waals surface area contributed by atoms with E-state index < -0.39 is 5.54 Å². The van der Waals surface area contributed by atoms with Crippen LogP contribution in [-0.2, 0) is 28.9 Å². The fourth-order valence-electron chi connectivity index (χ4n) is 4.31. The molecular formula is C29H30ClN5O4. The number of azide groups is 1. The van der Waals surface area contributed by atoms with Gasteiger partial charge in [0.1, 0.15) is 12.4 Å². The summed E-state index contributed by atoms with van der Waals surface area (Å²) in [6.07, 6.45) is 1.44. The fraction of sp³-hybridized carbons (Fsp3) is 0.310. The lowest BCUT2D eigenvalue weighted by molar-refractivity contribution is -0.126. The highest BCUT2D eigenvalue weighted by Gasteiger charge is 2.44. The lowest BCUT2D eigenvalue weighted by Crippen LogP contribution is -2.49. The van der Waals surface area contributed by atoms with Gasteiger partial charge in [0.15, 0.2) is 5.54 Å². The molecule has 1 heterocycles. The van der Waals surface area contributed by atoms with E-state index in [2.05, 4.69) is 15.3 Å². The molecule has 0 aliphatic carbocycles. The predicted octanol–water partition coefficient (Wildman–Crippen LogP) is 5.03. The van der Waals surface area contributed by atoms with Crippen LogP contribution in [0.25, 0.3) is 10.4 Å². The van der Waals surface area contributed by atoms with Crippen LogP contribution >= 0.6 is 11.6 Å². The molecule has 2 N–H and O–H groups in total. The summed E-state index contributed by atoms with van der Waals surface area (Å²) in [7, 11) is 0. The molecule has 0 spiro atoms. The molecule has 0 saturated carbocycles. The largest absolute Gasteiger partial charge is 0.494 e. The average Bonchev–Trinajstić information content (AvgIpc) is 3.38. The first-order valence-electron chi connectivity index (χ1n) is 12.7. The van der Waals surface area contributed by atoms with Gasteiger partial charge in [-0.3, -0.25) is 4.79 Å². The molecule has 0 bridgehead atoms. The summed E-state index contributed by atoms with van der Waals surface area (Å²) in [4.78, 5) is 21.4. The molecule has 39 heavy (non-hydrogen) atoms. The normalized spacial score (nSPS) is 16.1. The number of halogens is 1. The molecule has 1 aliphatic rings. The molecule has 3 aromatic rings. The van der Waals surface area contributed by atoms with Crippen LogP contribution in [0.5, 0.6) is 5.75 Å². The van der Waals surface area contributed by atoms with Crippen molar-refractivity contribution in [3.05, 3.63) is 111 Å². The molecule has 10 heteroatoms. The van der Waals surface area contributed by atoms with Gasteiger partial charge in [0, 0.05) is 41.5 Å². The summed E-state index contributed by atoms with van der Waals surface area (Å²) in [5, 5.41) is 16.3. The van der Waals surface area contributed by atoms with Crippen molar-refractivity contribution >= 4 is 23.4 Å². The van der Waals surface area contributed by atoms with Crippen molar-refractivity contribution in [1.29, 1.82) is 0 Å². The number of amides is 1. The van der Waals surface area contributed by atoms with Crippen molar-refractivity contribution in [3.8, 4) is 5.75 Å². The number of hydrogen-bond donors (Lipinski definition) is 2. The first-order valence-corrected chi connectivity index (χ1v) is 13.1. The lowest BCUT2D eigenvalue weighted by Gasteiger charge is -2.24. The second kappa shape index (κ2) is 13.7. The van der Waals surface area contributed by atoms with Crippen molar-refractivity contribution in [2.75, 3.05) is 26.4 Å². The standard InChI is InChI=1S/C29H30ClN5O4/c30-25-8-3-5-21(17-25)13-14-32-28(37)29(18-23-6-1-2-7-24(23)19-33-35-31)20-39-27(34-29)22-9-11-26(12-10-22)38-16-4-15-36/h1-3,5-12,17,36H,4,13-16,18-20H2,(H,32,37)/t29-/m1/s1. The molecule has 1 amide bonds. The lowest BCUT2D eigenvalue weighted by atomic mass is 9.89. The van der Waals surface area contributed by atoms with Crippen molar-refractivity contribution in [1.82, 2.24) is 5.32 Å². The molecule has 4 rings (SSSR count). The Labute approximate surface area is 232 Å². The number of carbonyl (C=O) groups excluding carboxylic acids is 1. The Bertz CT molecular complexity index is 1360. The maximum absolute atomic E-state index is 13.7. The number of nitrogens with zero attached hydrogens (tertiary/aromatic N) is 4. The van der Waals surface area contributed by atoms with E-state index in [0.29, 0.717) is 42.7 Å². The minimum absolute atomic E-state index is 0.0654. The van der Waals surface area contributed by atoms with Crippen LogP contribution in [0.2, 0.25) is 5.02 Å². The van der Waals surface area contributed by atoms with Crippen LogP contribution in [0.4, 0.5) is 0 Å². The van der Waals surface area contributed by atoms with Gasteiger partial charge in [0.25, 0.3) is 5.91 Å². The summed E-state index contributed by atoms with van der Waals surface area (Å²) in [5.74, 6) is 0.791. The van der Waals surface area contributed by atoms with Gasteiger partial charge >= 0.3 is 0 Å². The number of nitrogens with one attached hydrogen (secondary N) is 1. The number of hydrogen-bond acceptors (Lipinski definition) is 6. The number of ether oxygens (including phenoxy) is 2. The number of rotatable bonds is 13. The molecule has 0 unspecified atom stereocenters. The second-order valence-corrected chi connectivity index (χ2v) is 9.59. The zero-order chi connectivity index (χ0) is 27.5. The fourth-order valence-corrected chi connectivity index (χ4v) is 4.53. The molecular weight excluding hydrogens is 518 g/mol. The SMILES string of the molecule is [N-]=[N+]=NCc1ccccc1C[C@]1(C(=O)NCCc2cccc(Cl)c2)COC(c2ccc(OCCCO)cc2)=N1. The number of aliphatic hydroxyl groups is 1. The van der Waals surface area contributed by atoms with Gasteiger partial charge in [-0.15, -0.1) is 0 Å². The Hall–Kier alpha value is -4.04. The van der Waals surface area contributed by atoms with E-state index in [1.165, 1.54) is 0 Å². The van der Waals surface area contributed by atoms with Crippen molar-refractivity contribution in [2.45, 2.75) is 31.3 Å². The Kier molecular flexibility index (Phi) is 9.80. The molecule has 202 valence electrons. The summed E-state index contributed by atoms with van der Waals surface area (Å²) < 4.78 is 11.6. The van der Waals surface area contributed by atoms with Gasteiger partial charge in [-0.2, -0.15) is 0 Å². The first-order chi connectivity index (χ1) is 19.0. The summed E-state index contributed by atoms with van der Waals surface area (Å²) in [6.45, 7) is 1.13. The Balaban J connectivity index is 1.57. The number of aliphatic hydroxyl groups excluding tert-OH is 1. The van der Waals surface area contributed by atoms with E-state index in [1.807, 2.05) is 60.7 Å². The molecule has 0 aromatic heterocycles. The molecule has 0 saturated heterocycles. The van der Waals surface area contributed by atoms with Gasteiger partial charge in [-0.05, 0) is 65.0 Å². The Morgan fingerprint density at radius 1 is 1.15 bits per heavy atom. The zero-order valence-corrected chi connectivity index (χ0v) is 22.2. The van der Waals surface area contributed by atoms with Gasteiger partial charge in [-0.1, -0.05) is 53.1 Å². The van der Waals surface area contributed by atoms with Crippen LogP contribution < -0.4 is 10.1 Å². The Morgan fingerprint density at radius 3 is 2.69 bits per heavy atom. The third-order valence-electron chi connectivity index (χ3n) is 6.35. The van der Waals surface area contributed by atoms with E-state index in [-0.39, 0.29) is 32.1 Å². The highest BCUT2D eigenvalue weighted by Crippen LogP contribution is 2.29. The van der Waals surface area contributed by atoms with E-state index in [4.69, 9.17) is 36.7 Å². The smallest absolute Gasteiger partial charge is 0.251 e. The van der Waals surface area contributed by atoms with E-state index in [9.17, 15) is 4.79 Å². The molecule has 1 atom stereocenters. The monoisotopic (exact) mass is 547 g/mol. The topological polar surface area (TPSA) is 129 Å². The zero-order valence-electron chi connectivity index (χ0n) is 21.4. The van der Waals surface area contributed by atoms with Crippen LogP contribution in [0.3, 0.4) is 0 Å². The number of benzene rings is 3.